The van der Waals surface area contributed by atoms with E-state index in [0.29, 0.717) is 5.56 Å². The number of hydrogen-bond acceptors (Lipinski definition) is 1. The van der Waals surface area contributed by atoms with E-state index < -0.39 is 5.24 Å². The van der Waals surface area contributed by atoms with Crippen molar-refractivity contribution in [3.8, 4) is 0 Å². The van der Waals surface area contributed by atoms with Crippen LogP contribution < -0.4 is 0 Å². The Balaban J connectivity index is 0.000000671. The molecule has 0 unspecified atom stereocenters. The molecule has 0 aliphatic carbocycles. The molecule has 0 aromatic heterocycles. The lowest BCUT2D eigenvalue weighted by Gasteiger charge is -1.99. The van der Waals surface area contributed by atoms with Crippen molar-refractivity contribution in [3.05, 3.63) is 34.9 Å². The van der Waals surface area contributed by atoms with Crippen LogP contribution in [0, 0.1) is 13.8 Å². The van der Waals surface area contributed by atoms with E-state index in [4.69, 9.17) is 11.6 Å². The largest absolute Gasteiger partial charge is 0.276 e. The van der Waals surface area contributed by atoms with E-state index in [1.165, 1.54) is 5.56 Å². The highest BCUT2D eigenvalue weighted by atomic mass is 35.5. The Bertz CT molecular complexity index is 292. The zero-order chi connectivity index (χ0) is 10.4. The Kier molecular flexibility index (Phi) is 5.40. The van der Waals surface area contributed by atoms with E-state index in [2.05, 4.69) is 0 Å². The van der Waals surface area contributed by atoms with E-state index in [1.807, 2.05) is 33.8 Å². The Labute approximate surface area is 84.7 Å². The first-order valence-corrected chi connectivity index (χ1v) is 4.76. The van der Waals surface area contributed by atoms with Crippen molar-refractivity contribution in [2.24, 2.45) is 0 Å². The van der Waals surface area contributed by atoms with Crippen molar-refractivity contribution in [2.75, 3.05) is 0 Å². The third-order valence-electron chi connectivity index (χ3n) is 1.73. The topological polar surface area (TPSA) is 17.1 Å². The monoisotopic (exact) mass is 198 g/mol. The van der Waals surface area contributed by atoms with Gasteiger partial charge in [-0.3, -0.25) is 4.79 Å². The van der Waals surface area contributed by atoms with Crippen LogP contribution in [-0.2, 0) is 0 Å². The van der Waals surface area contributed by atoms with E-state index in [1.54, 1.807) is 12.1 Å². The molecule has 0 amide bonds. The summed E-state index contributed by atoms with van der Waals surface area (Å²) in [6.07, 6.45) is 0. The minimum absolute atomic E-state index is 0.395. The lowest BCUT2D eigenvalue weighted by Crippen LogP contribution is -1.90. The van der Waals surface area contributed by atoms with Gasteiger partial charge in [0.2, 0.25) is 0 Å². The van der Waals surface area contributed by atoms with Gasteiger partial charge in [0.1, 0.15) is 0 Å². The zero-order valence-electron chi connectivity index (χ0n) is 8.52. The second-order valence-electron chi connectivity index (χ2n) is 2.57. The molecule has 2 heteroatoms. The van der Waals surface area contributed by atoms with Crippen molar-refractivity contribution in [1.82, 2.24) is 0 Å². The van der Waals surface area contributed by atoms with Gasteiger partial charge in [0, 0.05) is 5.56 Å². The highest BCUT2D eigenvalue weighted by Gasteiger charge is 2.01. The quantitative estimate of drug-likeness (QED) is 0.629. The van der Waals surface area contributed by atoms with Crippen LogP contribution >= 0.6 is 11.6 Å². The van der Waals surface area contributed by atoms with Gasteiger partial charge in [-0.15, -0.1) is 0 Å². The standard InChI is InChI=1S/C9H9ClO.C2H6/c1-6-3-4-8(9(10)11)5-7(6)2;1-2/h3-5H,1-2H3;1-2H3. The molecule has 0 N–H and O–H groups in total. The van der Waals surface area contributed by atoms with Crippen molar-refractivity contribution in [3.63, 3.8) is 0 Å². The van der Waals surface area contributed by atoms with Crippen LogP contribution in [0.2, 0.25) is 0 Å². The van der Waals surface area contributed by atoms with Crippen LogP contribution in [0.4, 0.5) is 0 Å². The van der Waals surface area contributed by atoms with Gasteiger partial charge in [0.15, 0.2) is 0 Å². The fourth-order valence-electron chi connectivity index (χ4n) is 0.864. The van der Waals surface area contributed by atoms with Gasteiger partial charge in [-0.05, 0) is 48.7 Å². The van der Waals surface area contributed by atoms with Gasteiger partial charge < -0.3 is 0 Å². The normalized spacial score (nSPS) is 8.69. The number of carbonyl (C=O) groups is 1. The van der Waals surface area contributed by atoms with Gasteiger partial charge in [0.05, 0.1) is 0 Å². The van der Waals surface area contributed by atoms with Crippen LogP contribution in [-0.4, -0.2) is 5.24 Å². The molecule has 0 bridgehead atoms. The summed E-state index contributed by atoms with van der Waals surface area (Å²) in [4.78, 5) is 10.7. The highest BCUT2D eigenvalue weighted by Crippen LogP contribution is 2.11. The van der Waals surface area contributed by atoms with Crippen LogP contribution in [0.1, 0.15) is 35.3 Å². The summed E-state index contributed by atoms with van der Waals surface area (Å²) >= 11 is 5.29. The average molecular weight is 199 g/mol. The lowest BCUT2D eigenvalue weighted by atomic mass is 10.1. The molecule has 1 nitrogen and oxygen atoms in total. The number of carbonyl (C=O) groups excluding carboxylic acids is 1. The fraction of sp³-hybridized carbons (Fsp3) is 0.364. The number of halogens is 1. The smallest absolute Gasteiger partial charge is 0.252 e. The molecule has 0 radical (unpaired) electrons. The molecule has 0 atom stereocenters. The zero-order valence-corrected chi connectivity index (χ0v) is 9.27. The van der Waals surface area contributed by atoms with Gasteiger partial charge in [-0.1, -0.05) is 19.9 Å². The van der Waals surface area contributed by atoms with Crippen molar-refractivity contribution >= 4 is 16.8 Å². The Hall–Kier alpha value is -0.820. The van der Waals surface area contributed by atoms with Crippen LogP contribution in [0.15, 0.2) is 18.2 Å². The Morgan fingerprint density at radius 1 is 1.15 bits per heavy atom. The molecule has 13 heavy (non-hydrogen) atoms. The second kappa shape index (κ2) is 5.76. The highest BCUT2D eigenvalue weighted by molar-refractivity contribution is 6.67. The molecule has 0 fully saturated rings. The van der Waals surface area contributed by atoms with Gasteiger partial charge in [-0.2, -0.15) is 0 Å². The molecular formula is C11H15ClO. The molecule has 0 aliphatic rings. The molecule has 1 rings (SSSR count). The summed E-state index contributed by atoms with van der Waals surface area (Å²) in [5.41, 5.74) is 2.83. The number of hydrogen-bond donors (Lipinski definition) is 0. The number of rotatable bonds is 1. The molecule has 0 aliphatic heterocycles. The first-order valence-electron chi connectivity index (χ1n) is 4.38. The predicted molar refractivity (Wildman–Crippen MR) is 57.4 cm³/mol. The van der Waals surface area contributed by atoms with Gasteiger partial charge >= 0.3 is 0 Å². The average Bonchev–Trinajstić information content (AvgIpc) is 2.13. The maximum absolute atomic E-state index is 10.7. The lowest BCUT2D eigenvalue weighted by molar-refractivity contribution is 0.108. The van der Waals surface area contributed by atoms with Crippen molar-refractivity contribution in [2.45, 2.75) is 27.7 Å². The minimum atomic E-state index is -0.395. The van der Waals surface area contributed by atoms with Crippen LogP contribution in [0.3, 0.4) is 0 Å². The summed E-state index contributed by atoms with van der Waals surface area (Å²) in [7, 11) is 0. The Morgan fingerprint density at radius 3 is 2.08 bits per heavy atom. The maximum atomic E-state index is 10.7. The van der Waals surface area contributed by atoms with Gasteiger partial charge in [-0.25, -0.2) is 0 Å². The predicted octanol–water partition coefficient (Wildman–Crippen LogP) is 3.71. The maximum Gasteiger partial charge on any atom is 0.252 e. The van der Waals surface area contributed by atoms with E-state index in [0.717, 1.165) is 5.56 Å². The summed E-state index contributed by atoms with van der Waals surface area (Å²) in [5, 5.41) is -0.395. The molecule has 0 heterocycles. The molecular weight excluding hydrogens is 184 g/mol. The summed E-state index contributed by atoms with van der Waals surface area (Å²) in [6.45, 7) is 7.95. The van der Waals surface area contributed by atoms with E-state index >= 15 is 0 Å². The van der Waals surface area contributed by atoms with E-state index in [9.17, 15) is 4.79 Å². The van der Waals surface area contributed by atoms with Crippen molar-refractivity contribution in [1.29, 1.82) is 0 Å². The third kappa shape index (κ3) is 3.60. The van der Waals surface area contributed by atoms with Crippen LogP contribution in [0.25, 0.3) is 0 Å². The first kappa shape index (κ1) is 12.2. The summed E-state index contributed by atoms with van der Waals surface area (Å²) < 4.78 is 0. The minimum Gasteiger partial charge on any atom is -0.276 e. The third-order valence-corrected chi connectivity index (χ3v) is 1.95. The molecule has 0 saturated heterocycles. The number of aryl methyl sites for hydroxylation is 2. The van der Waals surface area contributed by atoms with Gasteiger partial charge in [0.25, 0.3) is 5.24 Å². The van der Waals surface area contributed by atoms with Crippen LogP contribution in [0.5, 0.6) is 0 Å². The molecule has 1 aromatic carbocycles. The SMILES string of the molecule is CC.Cc1ccc(C(=O)Cl)cc1C. The van der Waals surface area contributed by atoms with Crippen molar-refractivity contribution < 1.29 is 4.79 Å². The van der Waals surface area contributed by atoms with E-state index in [-0.39, 0.29) is 0 Å². The number of benzene rings is 1. The first-order chi connectivity index (χ1) is 6.11. The molecule has 72 valence electrons. The summed E-state index contributed by atoms with van der Waals surface area (Å²) in [6, 6.07) is 5.42. The fourth-order valence-corrected chi connectivity index (χ4v) is 0.981. The summed E-state index contributed by atoms with van der Waals surface area (Å²) in [5.74, 6) is 0. The molecule has 1 aromatic rings. The Morgan fingerprint density at radius 2 is 1.69 bits per heavy atom. The second-order valence-corrected chi connectivity index (χ2v) is 2.92. The molecule has 0 spiro atoms. The molecule has 0 saturated carbocycles.